The molecule has 0 radical (unpaired) electrons. The van der Waals surface area contributed by atoms with E-state index in [2.05, 4.69) is 16.0 Å². The minimum absolute atomic E-state index is 0.333. The molecular formula is C18H21N5. The maximum Gasteiger partial charge on any atom is 0.142 e. The maximum absolute atomic E-state index is 9.58. The summed E-state index contributed by atoms with van der Waals surface area (Å²) in [5, 5.41) is 9.58. The highest BCUT2D eigenvalue weighted by atomic mass is 15.1. The van der Waals surface area contributed by atoms with Crippen LogP contribution in [0.15, 0.2) is 18.3 Å². The van der Waals surface area contributed by atoms with Gasteiger partial charge in [-0.1, -0.05) is 6.42 Å². The van der Waals surface area contributed by atoms with Crippen LogP contribution >= 0.6 is 0 Å². The normalized spacial score (nSPS) is 13.8. The van der Waals surface area contributed by atoms with Crippen molar-refractivity contribution in [3.63, 3.8) is 0 Å². The highest BCUT2D eigenvalue weighted by Gasteiger charge is 2.21. The molecule has 0 atom stereocenters. The molecular weight excluding hydrogens is 286 g/mol. The second-order valence-electron chi connectivity index (χ2n) is 6.14. The first-order valence-corrected chi connectivity index (χ1v) is 7.97. The van der Waals surface area contributed by atoms with E-state index in [4.69, 9.17) is 5.73 Å². The molecule has 5 nitrogen and oxygen atoms in total. The Morgan fingerprint density at radius 2 is 1.96 bits per heavy atom. The molecule has 1 aliphatic carbocycles. The van der Waals surface area contributed by atoms with E-state index >= 15 is 0 Å². The summed E-state index contributed by atoms with van der Waals surface area (Å²) in [7, 11) is 3.92. The van der Waals surface area contributed by atoms with Crippen molar-refractivity contribution in [1.29, 1.82) is 5.26 Å². The molecule has 1 aliphatic rings. The fourth-order valence-corrected chi connectivity index (χ4v) is 3.17. The lowest BCUT2D eigenvalue weighted by molar-refractivity contribution is 0.709. The zero-order valence-electron chi connectivity index (χ0n) is 13.6. The smallest absolute Gasteiger partial charge is 0.142 e. The molecule has 3 rings (SSSR count). The van der Waals surface area contributed by atoms with Gasteiger partial charge in [0.25, 0.3) is 0 Å². The van der Waals surface area contributed by atoms with E-state index in [9.17, 15) is 5.26 Å². The molecule has 0 saturated heterocycles. The second kappa shape index (κ2) is 6.25. The lowest BCUT2D eigenvalue weighted by Gasteiger charge is -2.17. The van der Waals surface area contributed by atoms with E-state index in [1.165, 1.54) is 12.0 Å². The molecule has 0 amide bonds. The molecule has 2 aromatic heterocycles. The number of anilines is 2. The fraction of sp³-hybridized carbons (Fsp3) is 0.389. The van der Waals surface area contributed by atoms with Gasteiger partial charge in [-0.3, -0.25) is 0 Å². The first-order chi connectivity index (χ1) is 11.1. The van der Waals surface area contributed by atoms with E-state index in [1.54, 1.807) is 0 Å². The van der Waals surface area contributed by atoms with Gasteiger partial charge in [-0.15, -0.1) is 0 Å². The molecule has 0 unspecified atom stereocenters. The second-order valence-corrected chi connectivity index (χ2v) is 6.14. The molecule has 2 aromatic rings. The Morgan fingerprint density at radius 1 is 1.17 bits per heavy atom. The average molecular weight is 307 g/mol. The summed E-state index contributed by atoms with van der Waals surface area (Å²) >= 11 is 0. The standard InChI is InChI=1S/C18H21N5/c1-23(2)16-9-8-12(11-21-16)17-13-6-4-3-5-7-15(13)22-18(20)14(17)10-19/h8-9,11H,3-7H2,1-2H3,(H2,20,22). The van der Waals surface area contributed by atoms with Crippen LogP contribution in [0, 0.1) is 11.3 Å². The highest BCUT2D eigenvalue weighted by Crippen LogP contribution is 2.35. The van der Waals surface area contributed by atoms with Crippen molar-refractivity contribution in [1.82, 2.24) is 9.97 Å². The van der Waals surface area contributed by atoms with Crippen molar-refractivity contribution in [2.75, 3.05) is 24.7 Å². The SMILES string of the molecule is CN(C)c1ccc(-c2c(C#N)c(N)nc3c2CCCCC3)cn1. The van der Waals surface area contributed by atoms with Crippen LogP contribution < -0.4 is 10.6 Å². The molecule has 23 heavy (non-hydrogen) atoms. The van der Waals surface area contributed by atoms with E-state index in [1.807, 2.05) is 37.3 Å². The first kappa shape index (κ1) is 15.3. The summed E-state index contributed by atoms with van der Waals surface area (Å²) in [5.41, 5.74) is 10.6. The molecule has 2 N–H and O–H groups in total. The van der Waals surface area contributed by atoms with Crippen molar-refractivity contribution in [3.05, 3.63) is 35.2 Å². The van der Waals surface area contributed by atoms with Gasteiger partial charge in [0.2, 0.25) is 0 Å². The third-order valence-corrected chi connectivity index (χ3v) is 4.36. The summed E-state index contributed by atoms with van der Waals surface area (Å²) in [6.07, 6.45) is 7.15. The Morgan fingerprint density at radius 3 is 2.61 bits per heavy atom. The van der Waals surface area contributed by atoms with Crippen molar-refractivity contribution < 1.29 is 0 Å². The third kappa shape index (κ3) is 2.85. The molecule has 118 valence electrons. The third-order valence-electron chi connectivity index (χ3n) is 4.36. The van der Waals surface area contributed by atoms with Crippen LogP contribution in [0.2, 0.25) is 0 Å². The van der Waals surface area contributed by atoms with Gasteiger partial charge < -0.3 is 10.6 Å². The number of nitriles is 1. The topological polar surface area (TPSA) is 78.8 Å². The van der Waals surface area contributed by atoms with Crippen LogP contribution in [0.1, 0.15) is 36.1 Å². The molecule has 0 aromatic carbocycles. The highest BCUT2D eigenvalue weighted by molar-refractivity contribution is 5.79. The number of nitrogens with zero attached hydrogens (tertiary/aromatic N) is 4. The maximum atomic E-state index is 9.58. The van der Waals surface area contributed by atoms with E-state index < -0.39 is 0 Å². The summed E-state index contributed by atoms with van der Waals surface area (Å²) in [6, 6.07) is 6.23. The number of nitrogen functional groups attached to an aromatic ring is 1. The molecule has 0 fully saturated rings. The van der Waals surface area contributed by atoms with Gasteiger partial charge in [0.1, 0.15) is 23.3 Å². The Hall–Kier alpha value is -2.61. The minimum Gasteiger partial charge on any atom is -0.383 e. The summed E-state index contributed by atoms with van der Waals surface area (Å²) < 4.78 is 0. The zero-order chi connectivity index (χ0) is 16.4. The fourth-order valence-electron chi connectivity index (χ4n) is 3.17. The number of nitrogens with two attached hydrogens (primary N) is 1. The van der Waals surface area contributed by atoms with E-state index in [0.717, 1.165) is 48.3 Å². The van der Waals surface area contributed by atoms with Gasteiger partial charge >= 0.3 is 0 Å². The van der Waals surface area contributed by atoms with Crippen molar-refractivity contribution >= 4 is 11.6 Å². The molecule has 0 aliphatic heterocycles. The predicted molar refractivity (Wildman–Crippen MR) is 92.2 cm³/mol. The zero-order valence-corrected chi connectivity index (χ0v) is 13.6. The van der Waals surface area contributed by atoms with Gasteiger partial charge in [0.05, 0.1) is 0 Å². The molecule has 0 saturated carbocycles. The van der Waals surface area contributed by atoms with Gasteiger partial charge in [0, 0.05) is 37.1 Å². The molecule has 5 heteroatoms. The van der Waals surface area contributed by atoms with Crippen molar-refractivity contribution in [2.24, 2.45) is 0 Å². The van der Waals surface area contributed by atoms with E-state index in [-0.39, 0.29) is 0 Å². The monoisotopic (exact) mass is 307 g/mol. The molecule has 0 spiro atoms. The number of aromatic nitrogens is 2. The summed E-state index contributed by atoms with van der Waals surface area (Å²) in [6.45, 7) is 0. The number of pyridine rings is 2. The van der Waals surface area contributed by atoms with Crippen LogP contribution in [0.4, 0.5) is 11.6 Å². The van der Waals surface area contributed by atoms with Crippen LogP contribution in [0.5, 0.6) is 0 Å². The number of aryl methyl sites for hydroxylation is 1. The van der Waals surface area contributed by atoms with Crippen LogP contribution in [0.25, 0.3) is 11.1 Å². The van der Waals surface area contributed by atoms with Gasteiger partial charge in [0.15, 0.2) is 0 Å². The van der Waals surface area contributed by atoms with Gasteiger partial charge in [-0.2, -0.15) is 5.26 Å². The minimum atomic E-state index is 0.333. The summed E-state index contributed by atoms with van der Waals surface area (Å²) in [5.74, 6) is 1.22. The molecule has 2 heterocycles. The Bertz CT molecular complexity index is 756. The number of fused-ring (bicyclic) bond motifs is 1. The van der Waals surface area contributed by atoms with Crippen LogP contribution in [-0.2, 0) is 12.8 Å². The molecule has 0 bridgehead atoms. The van der Waals surface area contributed by atoms with Crippen LogP contribution in [0.3, 0.4) is 0 Å². The van der Waals surface area contributed by atoms with E-state index in [0.29, 0.717) is 11.4 Å². The van der Waals surface area contributed by atoms with Crippen LogP contribution in [-0.4, -0.2) is 24.1 Å². The Kier molecular flexibility index (Phi) is 4.16. The number of hydrogen-bond acceptors (Lipinski definition) is 5. The summed E-state index contributed by atoms with van der Waals surface area (Å²) in [4.78, 5) is 10.9. The Balaban J connectivity index is 2.20. The predicted octanol–water partition coefficient (Wildman–Crippen LogP) is 2.93. The largest absolute Gasteiger partial charge is 0.383 e. The van der Waals surface area contributed by atoms with Crippen molar-refractivity contribution in [2.45, 2.75) is 32.1 Å². The number of hydrogen-bond donors (Lipinski definition) is 1. The number of rotatable bonds is 2. The lowest BCUT2D eigenvalue weighted by Crippen LogP contribution is -2.10. The quantitative estimate of drug-likeness (QED) is 0.863. The van der Waals surface area contributed by atoms with Gasteiger partial charge in [-0.05, 0) is 43.4 Å². The Labute approximate surface area is 136 Å². The average Bonchev–Trinajstić information content (AvgIpc) is 2.78. The lowest BCUT2D eigenvalue weighted by atomic mass is 9.92. The first-order valence-electron chi connectivity index (χ1n) is 7.97. The van der Waals surface area contributed by atoms with Gasteiger partial charge in [-0.25, -0.2) is 9.97 Å². The van der Waals surface area contributed by atoms with Crippen molar-refractivity contribution in [3.8, 4) is 17.2 Å².